The normalized spacial score (nSPS) is 10.7. The Labute approximate surface area is 59.3 Å². The number of halogens is 1. The van der Waals surface area contributed by atoms with Gasteiger partial charge in [-0.1, -0.05) is 25.4 Å². The third-order valence-corrected chi connectivity index (χ3v) is 1.50. The third kappa shape index (κ3) is 1.24. The summed E-state index contributed by atoms with van der Waals surface area (Å²) in [5.74, 6) is 0.431. The molecule has 0 spiro atoms. The van der Waals surface area contributed by atoms with Crippen LogP contribution < -0.4 is 0 Å². The number of imidazole rings is 1. The summed E-state index contributed by atoms with van der Waals surface area (Å²) in [6, 6.07) is 0. The zero-order chi connectivity index (χ0) is 6.85. The second-order valence-electron chi connectivity index (χ2n) is 2.26. The van der Waals surface area contributed by atoms with Crippen molar-refractivity contribution in [1.29, 1.82) is 0 Å². The fraction of sp³-hybridized carbons (Fsp3) is 0.500. The fourth-order valence-electron chi connectivity index (χ4n) is 0.692. The van der Waals surface area contributed by atoms with Gasteiger partial charge in [-0.05, 0) is 5.92 Å². The van der Waals surface area contributed by atoms with E-state index in [0.29, 0.717) is 11.1 Å². The number of nitrogens with one attached hydrogen (secondary N) is 1. The quantitative estimate of drug-likeness (QED) is 0.643. The summed E-state index contributed by atoms with van der Waals surface area (Å²) < 4.78 is 0. The predicted molar refractivity (Wildman–Crippen MR) is 37.7 cm³/mol. The molecule has 0 aliphatic carbocycles. The SMILES string of the molecule is CC(C)c1[nH]cnc1Cl. The molecule has 0 aliphatic heterocycles. The molecule has 1 heterocycles. The number of hydrogen-bond donors (Lipinski definition) is 1. The Morgan fingerprint density at radius 3 is 2.56 bits per heavy atom. The van der Waals surface area contributed by atoms with Crippen LogP contribution in [0.5, 0.6) is 0 Å². The fourth-order valence-corrected chi connectivity index (χ4v) is 1.01. The topological polar surface area (TPSA) is 28.7 Å². The van der Waals surface area contributed by atoms with Crippen LogP contribution in [0.25, 0.3) is 0 Å². The van der Waals surface area contributed by atoms with Gasteiger partial charge in [-0.3, -0.25) is 0 Å². The van der Waals surface area contributed by atoms with E-state index in [-0.39, 0.29) is 0 Å². The van der Waals surface area contributed by atoms with E-state index in [1.165, 1.54) is 0 Å². The summed E-state index contributed by atoms with van der Waals surface area (Å²) in [6.45, 7) is 4.14. The van der Waals surface area contributed by atoms with Crippen molar-refractivity contribution in [3.8, 4) is 0 Å². The van der Waals surface area contributed by atoms with Crippen LogP contribution in [0.2, 0.25) is 5.15 Å². The monoisotopic (exact) mass is 144 g/mol. The molecule has 3 heteroatoms. The molecule has 1 rings (SSSR count). The van der Waals surface area contributed by atoms with Crippen molar-refractivity contribution in [2.45, 2.75) is 19.8 Å². The van der Waals surface area contributed by atoms with E-state index < -0.39 is 0 Å². The van der Waals surface area contributed by atoms with Crippen molar-refractivity contribution >= 4 is 11.6 Å². The summed E-state index contributed by atoms with van der Waals surface area (Å²) in [5.41, 5.74) is 1.01. The van der Waals surface area contributed by atoms with Gasteiger partial charge in [-0.15, -0.1) is 0 Å². The maximum atomic E-state index is 5.69. The Kier molecular flexibility index (Phi) is 1.76. The van der Waals surface area contributed by atoms with E-state index >= 15 is 0 Å². The van der Waals surface area contributed by atoms with Crippen molar-refractivity contribution in [3.63, 3.8) is 0 Å². The summed E-state index contributed by atoms with van der Waals surface area (Å²) in [7, 11) is 0. The second-order valence-corrected chi connectivity index (χ2v) is 2.62. The average molecular weight is 145 g/mol. The third-order valence-electron chi connectivity index (χ3n) is 1.20. The Bertz CT molecular complexity index is 193. The Hall–Kier alpha value is -0.500. The molecule has 1 N–H and O–H groups in total. The van der Waals surface area contributed by atoms with Gasteiger partial charge in [0.2, 0.25) is 0 Å². The summed E-state index contributed by atoms with van der Waals surface area (Å²) >= 11 is 5.69. The molecule has 1 aromatic heterocycles. The number of aromatic amines is 1. The maximum Gasteiger partial charge on any atom is 0.150 e. The van der Waals surface area contributed by atoms with E-state index in [2.05, 4.69) is 23.8 Å². The van der Waals surface area contributed by atoms with E-state index in [0.717, 1.165) is 5.69 Å². The van der Waals surface area contributed by atoms with Crippen LogP contribution in [0.4, 0.5) is 0 Å². The van der Waals surface area contributed by atoms with Crippen LogP contribution in [-0.4, -0.2) is 9.97 Å². The van der Waals surface area contributed by atoms with Crippen molar-refractivity contribution in [2.75, 3.05) is 0 Å². The molecule has 1 aromatic rings. The van der Waals surface area contributed by atoms with Crippen LogP contribution in [0, 0.1) is 0 Å². The molecule has 0 unspecified atom stereocenters. The van der Waals surface area contributed by atoms with Gasteiger partial charge in [0.25, 0.3) is 0 Å². The summed E-state index contributed by atoms with van der Waals surface area (Å²) in [5, 5.41) is 0.588. The van der Waals surface area contributed by atoms with Crippen molar-refractivity contribution in [2.24, 2.45) is 0 Å². The van der Waals surface area contributed by atoms with E-state index in [1.807, 2.05) is 0 Å². The lowest BCUT2D eigenvalue weighted by molar-refractivity contribution is 0.833. The number of nitrogens with zero attached hydrogens (tertiary/aromatic N) is 1. The molecule has 0 aromatic carbocycles. The molecule has 2 nitrogen and oxygen atoms in total. The molecule has 0 saturated carbocycles. The minimum Gasteiger partial charge on any atom is -0.347 e. The molecule has 0 saturated heterocycles. The highest BCUT2D eigenvalue weighted by Crippen LogP contribution is 2.18. The van der Waals surface area contributed by atoms with Gasteiger partial charge in [0.15, 0.2) is 0 Å². The summed E-state index contributed by atoms with van der Waals surface area (Å²) in [6.07, 6.45) is 1.61. The van der Waals surface area contributed by atoms with Crippen molar-refractivity contribution < 1.29 is 0 Å². The maximum absolute atomic E-state index is 5.69. The average Bonchev–Trinajstić information content (AvgIpc) is 2.13. The number of H-pyrrole nitrogens is 1. The minimum absolute atomic E-state index is 0.431. The van der Waals surface area contributed by atoms with E-state index in [1.54, 1.807) is 6.33 Å². The lowest BCUT2D eigenvalue weighted by Gasteiger charge is -1.98. The Balaban J connectivity index is 2.94. The highest BCUT2D eigenvalue weighted by molar-refractivity contribution is 6.30. The first-order valence-electron chi connectivity index (χ1n) is 2.90. The van der Waals surface area contributed by atoms with Crippen LogP contribution >= 0.6 is 11.6 Å². The molecule has 0 atom stereocenters. The van der Waals surface area contributed by atoms with Crippen molar-refractivity contribution in [1.82, 2.24) is 9.97 Å². The van der Waals surface area contributed by atoms with Gasteiger partial charge >= 0.3 is 0 Å². The molecule has 0 amide bonds. The predicted octanol–water partition coefficient (Wildman–Crippen LogP) is 2.19. The smallest absolute Gasteiger partial charge is 0.150 e. The van der Waals surface area contributed by atoms with Gasteiger partial charge in [-0.25, -0.2) is 4.98 Å². The number of rotatable bonds is 1. The highest BCUT2D eigenvalue weighted by Gasteiger charge is 2.04. The molecule has 0 radical (unpaired) electrons. The lowest BCUT2D eigenvalue weighted by atomic mass is 10.2. The van der Waals surface area contributed by atoms with Gasteiger partial charge in [0.1, 0.15) is 5.15 Å². The standard InChI is InChI=1S/C6H9ClN2/c1-4(2)5-6(7)9-3-8-5/h3-4H,1-2H3,(H,8,9). The molecule has 9 heavy (non-hydrogen) atoms. The first kappa shape index (κ1) is 6.62. The highest BCUT2D eigenvalue weighted by atomic mass is 35.5. The Morgan fingerprint density at radius 1 is 1.67 bits per heavy atom. The molecule has 0 aliphatic rings. The van der Waals surface area contributed by atoms with Crippen LogP contribution in [0.1, 0.15) is 25.5 Å². The zero-order valence-corrected chi connectivity index (χ0v) is 6.24. The van der Waals surface area contributed by atoms with Gasteiger partial charge in [0, 0.05) is 0 Å². The molecule has 50 valence electrons. The van der Waals surface area contributed by atoms with Gasteiger partial charge < -0.3 is 4.98 Å². The van der Waals surface area contributed by atoms with Gasteiger partial charge in [0.05, 0.1) is 12.0 Å². The zero-order valence-electron chi connectivity index (χ0n) is 5.48. The largest absolute Gasteiger partial charge is 0.347 e. The van der Waals surface area contributed by atoms with E-state index in [9.17, 15) is 0 Å². The first-order valence-corrected chi connectivity index (χ1v) is 3.28. The molecular formula is C6H9ClN2. The van der Waals surface area contributed by atoms with Crippen LogP contribution in [0.3, 0.4) is 0 Å². The number of aromatic nitrogens is 2. The molecule has 0 bridgehead atoms. The lowest BCUT2D eigenvalue weighted by Crippen LogP contribution is -1.86. The van der Waals surface area contributed by atoms with Crippen LogP contribution in [-0.2, 0) is 0 Å². The molecule has 0 fully saturated rings. The number of hydrogen-bond acceptors (Lipinski definition) is 1. The molecular weight excluding hydrogens is 136 g/mol. The van der Waals surface area contributed by atoms with Crippen LogP contribution in [0.15, 0.2) is 6.33 Å². The first-order chi connectivity index (χ1) is 4.22. The second kappa shape index (κ2) is 2.40. The summed E-state index contributed by atoms with van der Waals surface area (Å²) in [4.78, 5) is 6.81. The minimum atomic E-state index is 0.431. The van der Waals surface area contributed by atoms with E-state index in [4.69, 9.17) is 11.6 Å². The van der Waals surface area contributed by atoms with Crippen molar-refractivity contribution in [3.05, 3.63) is 17.2 Å². The Morgan fingerprint density at radius 2 is 2.33 bits per heavy atom. The van der Waals surface area contributed by atoms with Gasteiger partial charge in [-0.2, -0.15) is 0 Å².